The van der Waals surface area contributed by atoms with E-state index >= 15 is 0 Å². The van der Waals surface area contributed by atoms with Crippen molar-refractivity contribution in [2.45, 2.75) is 322 Å². The summed E-state index contributed by atoms with van der Waals surface area (Å²) in [7, 11) is 0. The molecule has 0 fully saturated rings. The van der Waals surface area contributed by atoms with Crippen molar-refractivity contribution in [3.8, 4) is 0 Å². The van der Waals surface area contributed by atoms with Crippen molar-refractivity contribution in [1.82, 2.24) is 0 Å². The molecule has 0 aromatic heterocycles. The maximum absolute atomic E-state index is 12.3. The Morgan fingerprint density at radius 3 is 0.923 bits per heavy atom. The van der Waals surface area contributed by atoms with Gasteiger partial charge in [-0.25, -0.2) is 0 Å². The van der Waals surface area contributed by atoms with Gasteiger partial charge in [-0.3, -0.25) is 9.59 Å². The van der Waals surface area contributed by atoms with Gasteiger partial charge in [-0.05, 0) is 51.4 Å². The molecule has 1 atom stereocenters. The highest BCUT2D eigenvalue weighted by Crippen LogP contribution is 2.17. The molecule has 0 heterocycles. The van der Waals surface area contributed by atoms with Gasteiger partial charge in [0.05, 0.1) is 6.61 Å². The van der Waals surface area contributed by atoms with Crippen molar-refractivity contribution in [3.63, 3.8) is 0 Å². The number of hydrogen-bond donors (Lipinski definition) is 1. The highest BCUT2D eigenvalue weighted by Gasteiger charge is 2.16. The molecule has 0 aliphatic carbocycles. The fourth-order valence-electron chi connectivity index (χ4n) is 8.80. The van der Waals surface area contributed by atoms with E-state index < -0.39 is 6.10 Å². The summed E-state index contributed by atoms with van der Waals surface area (Å²) in [5.74, 6) is -0.573. The minimum Gasteiger partial charge on any atom is -0.462 e. The molecule has 0 aromatic rings. The minimum absolute atomic E-state index is 0.0607. The van der Waals surface area contributed by atoms with Crippen molar-refractivity contribution >= 4 is 11.9 Å². The first-order valence-electron chi connectivity index (χ1n) is 29.0. The van der Waals surface area contributed by atoms with Crippen LogP contribution in [0.4, 0.5) is 0 Å². The lowest BCUT2D eigenvalue weighted by atomic mass is 10.0. The normalized spacial score (nSPS) is 12.4. The van der Waals surface area contributed by atoms with Crippen LogP contribution >= 0.6 is 0 Å². The van der Waals surface area contributed by atoms with Crippen LogP contribution < -0.4 is 0 Å². The van der Waals surface area contributed by atoms with Crippen LogP contribution in [0.3, 0.4) is 0 Å². The number of allylic oxidation sites excluding steroid dienone is 6. The predicted octanol–water partition coefficient (Wildman–Crippen LogP) is 19.5. The minimum atomic E-state index is -0.770. The van der Waals surface area contributed by atoms with Gasteiger partial charge in [0.15, 0.2) is 6.10 Å². The van der Waals surface area contributed by atoms with Gasteiger partial charge in [0.25, 0.3) is 0 Å². The summed E-state index contributed by atoms with van der Waals surface area (Å²) in [6, 6.07) is 0. The van der Waals surface area contributed by atoms with Crippen LogP contribution in [-0.2, 0) is 19.1 Å². The Morgan fingerprint density at radius 2 is 0.615 bits per heavy atom. The Labute approximate surface area is 406 Å². The molecule has 65 heavy (non-hydrogen) atoms. The van der Waals surface area contributed by atoms with E-state index in [1.54, 1.807) is 0 Å². The largest absolute Gasteiger partial charge is 0.462 e. The van der Waals surface area contributed by atoms with Crippen molar-refractivity contribution < 1.29 is 24.2 Å². The molecule has 1 unspecified atom stereocenters. The van der Waals surface area contributed by atoms with Gasteiger partial charge >= 0.3 is 11.9 Å². The van der Waals surface area contributed by atoms with E-state index in [1.807, 2.05) is 0 Å². The Balaban J connectivity index is 3.44. The SMILES string of the molecule is CCCCCCC/C=C\C/C=C\C/C=C\CCCCCCCCCCCCCCCCC(=O)OC(CO)COC(=O)CCCCCCCCCCCCCCCCCCCCCCCC. The van der Waals surface area contributed by atoms with Crippen molar-refractivity contribution in [1.29, 1.82) is 0 Å². The maximum Gasteiger partial charge on any atom is 0.306 e. The highest BCUT2D eigenvalue weighted by atomic mass is 16.6. The van der Waals surface area contributed by atoms with Crippen molar-refractivity contribution in [3.05, 3.63) is 36.5 Å². The molecule has 382 valence electrons. The zero-order chi connectivity index (χ0) is 47.0. The average molecular weight is 914 g/mol. The standard InChI is InChI=1S/C60H112O5/c1-3-5-7-9-11-13-15-17-19-21-23-25-27-28-29-30-31-32-33-35-37-39-41-43-45-47-49-51-53-55-60(63)65-58(56-61)57-64-59(62)54-52-50-48-46-44-42-40-38-36-34-26-24-22-20-18-16-14-12-10-8-6-4-2/h15,17,21,23,27-28,58,61H,3-14,16,18-20,22,24-26,29-57H2,1-2H3/b17-15-,23-21-,28-27-. The molecule has 1 N–H and O–H groups in total. The van der Waals surface area contributed by atoms with Gasteiger partial charge in [0.1, 0.15) is 6.61 Å². The Kier molecular flexibility index (Phi) is 54.8. The van der Waals surface area contributed by atoms with Gasteiger partial charge in [-0.2, -0.15) is 0 Å². The van der Waals surface area contributed by atoms with Crippen LogP contribution in [0, 0.1) is 0 Å². The Bertz CT molecular complexity index is 1030. The highest BCUT2D eigenvalue weighted by molar-refractivity contribution is 5.70. The van der Waals surface area contributed by atoms with E-state index in [0.29, 0.717) is 12.8 Å². The smallest absolute Gasteiger partial charge is 0.306 e. The molecule has 0 rings (SSSR count). The van der Waals surface area contributed by atoms with E-state index in [9.17, 15) is 14.7 Å². The first-order chi connectivity index (χ1) is 32.1. The molecule has 0 aliphatic rings. The van der Waals surface area contributed by atoms with Crippen LogP contribution in [0.1, 0.15) is 316 Å². The summed E-state index contributed by atoms with van der Waals surface area (Å²) in [4.78, 5) is 24.5. The number of hydrogen-bond acceptors (Lipinski definition) is 5. The third-order valence-corrected chi connectivity index (χ3v) is 13.2. The number of rotatable bonds is 54. The molecule has 0 aliphatic heterocycles. The van der Waals surface area contributed by atoms with Gasteiger partial charge in [0.2, 0.25) is 0 Å². The van der Waals surface area contributed by atoms with E-state index in [1.165, 1.54) is 244 Å². The lowest BCUT2D eigenvalue weighted by Gasteiger charge is -2.15. The summed E-state index contributed by atoms with van der Waals surface area (Å²) >= 11 is 0. The van der Waals surface area contributed by atoms with E-state index in [2.05, 4.69) is 50.3 Å². The lowest BCUT2D eigenvalue weighted by molar-refractivity contribution is -0.161. The van der Waals surface area contributed by atoms with Crippen LogP contribution in [0.15, 0.2) is 36.5 Å². The summed E-state index contributed by atoms with van der Waals surface area (Å²) in [6.45, 7) is 4.18. The topological polar surface area (TPSA) is 72.8 Å². The van der Waals surface area contributed by atoms with E-state index in [4.69, 9.17) is 9.47 Å². The van der Waals surface area contributed by atoms with Crippen LogP contribution in [0.2, 0.25) is 0 Å². The van der Waals surface area contributed by atoms with Gasteiger partial charge in [0, 0.05) is 12.8 Å². The molecule has 0 amide bonds. The molecular weight excluding hydrogens is 801 g/mol. The summed E-state index contributed by atoms with van der Waals surface area (Å²) in [5, 5.41) is 9.66. The number of unbranched alkanes of at least 4 members (excludes halogenated alkanes) is 40. The monoisotopic (exact) mass is 913 g/mol. The summed E-state index contributed by atoms with van der Waals surface area (Å²) < 4.78 is 10.7. The molecule has 0 saturated heterocycles. The first kappa shape index (κ1) is 63.1. The number of carbonyl (C=O) groups excluding carboxylic acids is 2. The molecule has 0 bridgehead atoms. The van der Waals surface area contributed by atoms with Crippen LogP contribution in [-0.4, -0.2) is 36.4 Å². The van der Waals surface area contributed by atoms with Crippen molar-refractivity contribution in [2.75, 3.05) is 13.2 Å². The van der Waals surface area contributed by atoms with Gasteiger partial charge in [-0.1, -0.05) is 288 Å². The van der Waals surface area contributed by atoms with Crippen molar-refractivity contribution in [2.24, 2.45) is 0 Å². The second-order valence-electron chi connectivity index (χ2n) is 19.7. The molecule has 0 radical (unpaired) electrons. The fraction of sp³-hybridized carbons (Fsp3) is 0.867. The van der Waals surface area contributed by atoms with E-state index in [-0.39, 0.29) is 25.2 Å². The van der Waals surface area contributed by atoms with Gasteiger partial charge < -0.3 is 14.6 Å². The third kappa shape index (κ3) is 54.6. The zero-order valence-electron chi connectivity index (χ0n) is 43.8. The molecule has 0 saturated carbocycles. The van der Waals surface area contributed by atoms with Crippen LogP contribution in [0.5, 0.6) is 0 Å². The Hall–Kier alpha value is -1.88. The summed E-state index contributed by atoms with van der Waals surface area (Å²) in [5.41, 5.74) is 0. The zero-order valence-corrected chi connectivity index (χ0v) is 43.8. The molecule has 0 spiro atoms. The number of ether oxygens (including phenoxy) is 2. The predicted molar refractivity (Wildman–Crippen MR) is 284 cm³/mol. The number of esters is 2. The van der Waals surface area contributed by atoms with Gasteiger partial charge in [-0.15, -0.1) is 0 Å². The molecule has 5 nitrogen and oxygen atoms in total. The second kappa shape index (κ2) is 56.4. The Morgan fingerprint density at radius 1 is 0.354 bits per heavy atom. The molecular formula is C60H112O5. The van der Waals surface area contributed by atoms with E-state index in [0.717, 1.165) is 44.9 Å². The lowest BCUT2D eigenvalue weighted by Crippen LogP contribution is -2.28. The van der Waals surface area contributed by atoms with Crippen LogP contribution in [0.25, 0.3) is 0 Å². The maximum atomic E-state index is 12.3. The fourth-order valence-corrected chi connectivity index (χ4v) is 8.80. The number of aliphatic hydroxyl groups excluding tert-OH is 1. The molecule has 5 heteroatoms. The quantitative estimate of drug-likeness (QED) is 0.0374. The number of aliphatic hydroxyl groups is 1. The first-order valence-corrected chi connectivity index (χ1v) is 29.0. The number of carbonyl (C=O) groups is 2. The molecule has 0 aromatic carbocycles. The average Bonchev–Trinajstić information content (AvgIpc) is 3.31. The summed E-state index contributed by atoms with van der Waals surface area (Å²) in [6.07, 6.45) is 72.7. The third-order valence-electron chi connectivity index (χ3n) is 13.2. The second-order valence-corrected chi connectivity index (χ2v) is 19.7.